The van der Waals surface area contributed by atoms with Gasteiger partial charge in [0.15, 0.2) is 17.5 Å². The second kappa shape index (κ2) is 13.3. The Bertz CT molecular complexity index is 2760. The molecule has 1 aliphatic heterocycles. The zero-order chi connectivity index (χ0) is 37.1. The van der Waals surface area contributed by atoms with Crippen LogP contribution < -0.4 is 4.74 Å². The highest BCUT2D eigenvalue weighted by molar-refractivity contribution is 5.88. The molecule has 7 aromatic rings. The van der Waals surface area contributed by atoms with Crippen LogP contribution in [-0.4, -0.2) is 15.0 Å². The molecule has 4 heteroatoms. The topological polar surface area (TPSA) is 47.9 Å². The number of hydrogen-bond donors (Lipinski definition) is 0. The summed E-state index contributed by atoms with van der Waals surface area (Å²) in [6.07, 6.45) is 10.2. The summed E-state index contributed by atoms with van der Waals surface area (Å²) in [7, 11) is 0. The zero-order valence-electron chi connectivity index (χ0n) is 31.0. The van der Waals surface area contributed by atoms with Crippen molar-refractivity contribution in [2.24, 2.45) is 0 Å². The molecule has 4 nitrogen and oxygen atoms in total. The monoisotopic (exact) mass is 721 g/mol. The maximum atomic E-state index is 7.18. The maximum absolute atomic E-state index is 7.18. The summed E-state index contributed by atoms with van der Waals surface area (Å²) in [5, 5.41) is 0. The van der Waals surface area contributed by atoms with Gasteiger partial charge in [-0.05, 0) is 77.1 Å². The first kappa shape index (κ1) is 32.8. The summed E-state index contributed by atoms with van der Waals surface area (Å²) < 4.78 is 7.18. The third-order valence-electron chi connectivity index (χ3n) is 12.2. The second-order valence-electron chi connectivity index (χ2n) is 15.2. The van der Waals surface area contributed by atoms with Crippen molar-refractivity contribution in [3.63, 3.8) is 0 Å². The van der Waals surface area contributed by atoms with Crippen LogP contribution in [0.25, 0.3) is 50.9 Å². The minimum absolute atomic E-state index is 0.0474. The predicted molar refractivity (Wildman–Crippen MR) is 225 cm³/mol. The van der Waals surface area contributed by atoms with Crippen molar-refractivity contribution in [3.8, 4) is 51.0 Å². The summed E-state index contributed by atoms with van der Waals surface area (Å²) in [5.74, 6) is 3.87. The van der Waals surface area contributed by atoms with Gasteiger partial charge < -0.3 is 4.74 Å². The molecule has 4 aliphatic rings. The van der Waals surface area contributed by atoms with Crippen molar-refractivity contribution in [1.82, 2.24) is 15.0 Å². The highest BCUT2D eigenvalue weighted by atomic mass is 16.5. The fraction of sp³-hybridized carbons (Fsp3) is 0.135. The highest BCUT2D eigenvalue weighted by Crippen LogP contribution is 2.64. The average Bonchev–Trinajstić information content (AvgIpc) is 3.57. The second-order valence-corrected chi connectivity index (χ2v) is 15.2. The number of para-hydroxylation sites is 1. The molecule has 11 rings (SSSR count). The normalized spacial score (nSPS) is 19.2. The van der Waals surface area contributed by atoms with Crippen molar-refractivity contribution < 1.29 is 4.74 Å². The van der Waals surface area contributed by atoms with E-state index in [4.69, 9.17) is 19.7 Å². The summed E-state index contributed by atoms with van der Waals surface area (Å²) in [5.41, 5.74) is 14.3. The number of fused-ring (bicyclic) bond motifs is 7. The van der Waals surface area contributed by atoms with Gasteiger partial charge in [-0.1, -0.05) is 164 Å². The molecule has 2 unspecified atom stereocenters. The molecule has 0 radical (unpaired) electrons. The molecule has 1 aromatic heterocycles. The van der Waals surface area contributed by atoms with Gasteiger partial charge >= 0.3 is 0 Å². The lowest BCUT2D eigenvalue weighted by atomic mass is 9.61. The van der Waals surface area contributed by atoms with Gasteiger partial charge in [-0.25, -0.2) is 15.0 Å². The lowest BCUT2D eigenvalue weighted by Crippen LogP contribution is -2.37. The molecular formula is C52H39N3O. The van der Waals surface area contributed by atoms with Crippen molar-refractivity contribution in [2.75, 3.05) is 0 Å². The number of aromatic nitrogens is 3. The van der Waals surface area contributed by atoms with E-state index in [-0.39, 0.29) is 11.3 Å². The first-order valence-electron chi connectivity index (χ1n) is 19.9. The molecular weight excluding hydrogens is 683 g/mol. The number of allylic oxidation sites excluding steroid dienone is 6. The van der Waals surface area contributed by atoms with E-state index in [0.717, 1.165) is 64.2 Å². The third kappa shape index (κ3) is 5.02. The molecule has 2 atom stereocenters. The lowest BCUT2D eigenvalue weighted by Gasteiger charge is -2.44. The Kier molecular flexibility index (Phi) is 7.77. The van der Waals surface area contributed by atoms with Crippen LogP contribution in [0.3, 0.4) is 0 Å². The van der Waals surface area contributed by atoms with Gasteiger partial charge in [-0.3, -0.25) is 0 Å². The molecule has 56 heavy (non-hydrogen) atoms. The van der Waals surface area contributed by atoms with E-state index in [0.29, 0.717) is 17.5 Å². The smallest absolute Gasteiger partial charge is 0.164 e. The fourth-order valence-corrected chi connectivity index (χ4v) is 9.88. The molecule has 3 aliphatic carbocycles. The number of nitrogens with zero attached hydrogens (tertiary/aromatic N) is 3. The van der Waals surface area contributed by atoms with E-state index in [1.807, 2.05) is 24.3 Å². The van der Waals surface area contributed by atoms with E-state index in [1.54, 1.807) is 5.57 Å². The molecule has 0 N–H and O–H groups in total. The number of ether oxygens (including phenoxy) is 1. The van der Waals surface area contributed by atoms with Crippen LogP contribution in [0.4, 0.5) is 0 Å². The van der Waals surface area contributed by atoms with Gasteiger partial charge in [-0.2, -0.15) is 0 Å². The van der Waals surface area contributed by atoms with Gasteiger partial charge in [0, 0.05) is 33.7 Å². The Labute approximate surface area is 327 Å². The van der Waals surface area contributed by atoms with E-state index in [2.05, 4.69) is 146 Å². The lowest BCUT2D eigenvalue weighted by molar-refractivity contribution is 0.342. The van der Waals surface area contributed by atoms with Gasteiger partial charge in [0.1, 0.15) is 11.5 Å². The fourth-order valence-electron chi connectivity index (χ4n) is 9.88. The third-order valence-corrected chi connectivity index (χ3v) is 12.2. The number of rotatable bonds is 5. The van der Waals surface area contributed by atoms with Crippen LogP contribution >= 0.6 is 0 Å². The summed E-state index contributed by atoms with van der Waals surface area (Å²) in [6.45, 7) is 0. The first-order chi connectivity index (χ1) is 27.8. The minimum atomic E-state index is -0.386. The Morgan fingerprint density at radius 1 is 0.500 bits per heavy atom. The summed E-state index contributed by atoms with van der Waals surface area (Å²) >= 11 is 0. The first-order valence-corrected chi connectivity index (χ1v) is 19.9. The standard InChI is InChI=1S/C52H39N3O/c1-3-18-34(19-4-1)36-22-7-9-26-41(36)50-53-49(35-20-5-2-6-21-35)54-51(55-50)42-27-10-8-23-37(42)40-28-17-32-46-48(40)56-47-33-16-15-31-45(47)52(46)43-29-13-11-24-38(43)39-25-12-14-30-44(39)52/h1-11,13,15-24,26-27,29,31-33,40H,12,14,25,28,30H2. The number of hydrogen-bond acceptors (Lipinski definition) is 4. The molecule has 0 amide bonds. The molecule has 1 spiro atoms. The van der Waals surface area contributed by atoms with Crippen molar-refractivity contribution >= 4 is 5.57 Å². The molecule has 0 saturated heterocycles. The molecule has 0 saturated carbocycles. The van der Waals surface area contributed by atoms with Crippen LogP contribution in [0.1, 0.15) is 60.3 Å². The quantitative estimate of drug-likeness (QED) is 0.178. The van der Waals surface area contributed by atoms with Crippen LogP contribution in [-0.2, 0) is 5.41 Å². The van der Waals surface area contributed by atoms with Crippen molar-refractivity contribution in [1.29, 1.82) is 0 Å². The predicted octanol–water partition coefficient (Wildman–Crippen LogP) is 12.6. The minimum Gasteiger partial charge on any atom is -0.460 e. The van der Waals surface area contributed by atoms with Crippen molar-refractivity contribution in [2.45, 2.75) is 43.4 Å². The molecule has 0 bridgehead atoms. The van der Waals surface area contributed by atoms with E-state index in [1.165, 1.54) is 40.7 Å². The van der Waals surface area contributed by atoms with Crippen LogP contribution in [0.5, 0.6) is 5.75 Å². The number of benzene rings is 6. The Morgan fingerprint density at radius 2 is 1.09 bits per heavy atom. The largest absolute Gasteiger partial charge is 0.460 e. The molecule has 268 valence electrons. The van der Waals surface area contributed by atoms with Crippen LogP contribution in [0.2, 0.25) is 0 Å². The van der Waals surface area contributed by atoms with Gasteiger partial charge in [0.05, 0.1) is 5.41 Å². The Hall–Kier alpha value is -6.65. The highest BCUT2D eigenvalue weighted by Gasteiger charge is 2.54. The van der Waals surface area contributed by atoms with Crippen LogP contribution in [0.15, 0.2) is 187 Å². The van der Waals surface area contributed by atoms with Gasteiger partial charge in [-0.15, -0.1) is 0 Å². The average molecular weight is 722 g/mol. The molecule has 0 fully saturated rings. The SMILES string of the molecule is C1=CC2=C(Oc3ccccc3C23C2=C(CCCC2)c2ccccc23)C(c2ccccc2-c2nc(-c3ccccc3)nc(-c3ccccc3-c3ccccc3)n2)C1. The maximum Gasteiger partial charge on any atom is 0.164 e. The van der Waals surface area contributed by atoms with E-state index < -0.39 is 0 Å². The summed E-state index contributed by atoms with van der Waals surface area (Å²) in [6, 6.07) is 55.7. The summed E-state index contributed by atoms with van der Waals surface area (Å²) in [4.78, 5) is 15.7. The van der Waals surface area contributed by atoms with E-state index >= 15 is 0 Å². The van der Waals surface area contributed by atoms with Crippen molar-refractivity contribution in [3.05, 3.63) is 209 Å². The van der Waals surface area contributed by atoms with Crippen LogP contribution in [0, 0.1) is 0 Å². The molecule has 6 aromatic carbocycles. The molecule has 2 heterocycles. The zero-order valence-corrected chi connectivity index (χ0v) is 31.0. The Balaban J connectivity index is 1.12. The van der Waals surface area contributed by atoms with Gasteiger partial charge in [0.25, 0.3) is 0 Å². The Morgan fingerprint density at radius 3 is 1.89 bits per heavy atom. The van der Waals surface area contributed by atoms with Gasteiger partial charge in [0.2, 0.25) is 0 Å². The van der Waals surface area contributed by atoms with E-state index in [9.17, 15) is 0 Å².